The zero-order valence-electron chi connectivity index (χ0n) is 14.3. The van der Waals surface area contributed by atoms with Crippen LogP contribution in [0.5, 0.6) is 0 Å². The number of hydrogen-bond donors (Lipinski definition) is 0. The molecule has 2 fully saturated rings. The van der Waals surface area contributed by atoms with E-state index in [-0.39, 0.29) is 30.2 Å². The minimum Gasteiger partial charge on any atom is -0.327 e. The van der Waals surface area contributed by atoms with Gasteiger partial charge in [0, 0.05) is 13.0 Å². The van der Waals surface area contributed by atoms with Crippen molar-refractivity contribution in [3.63, 3.8) is 0 Å². The lowest BCUT2D eigenvalue weighted by Gasteiger charge is -2.36. The molecule has 1 saturated heterocycles. The van der Waals surface area contributed by atoms with E-state index in [1.165, 1.54) is 6.92 Å². The third-order valence-electron chi connectivity index (χ3n) is 5.04. The van der Waals surface area contributed by atoms with Gasteiger partial charge in [-0.2, -0.15) is 5.26 Å². The highest BCUT2D eigenvalue weighted by Crippen LogP contribution is 2.31. The van der Waals surface area contributed by atoms with Crippen LogP contribution in [0.1, 0.15) is 51.0 Å². The van der Waals surface area contributed by atoms with E-state index in [9.17, 15) is 14.4 Å². The quantitative estimate of drug-likeness (QED) is 0.792. The van der Waals surface area contributed by atoms with Gasteiger partial charge in [-0.1, -0.05) is 19.3 Å². The first-order valence-corrected chi connectivity index (χ1v) is 8.69. The lowest BCUT2D eigenvalue weighted by atomic mass is 9.92. The first-order valence-electron chi connectivity index (χ1n) is 8.69. The molecule has 1 aromatic carbocycles. The molecule has 0 spiro atoms. The molecule has 6 heteroatoms. The van der Waals surface area contributed by atoms with E-state index >= 15 is 0 Å². The van der Waals surface area contributed by atoms with E-state index in [1.54, 1.807) is 29.2 Å². The Balaban J connectivity index is 1.85. The third-order valence-corrected chi connectivity index (χ3v) is 5.04. The Bertz CT molecular complexity index is 729. The Labute approximate surface area is 147 Å². The molecule has 0 radical (unpaired) electrons. The van der Waals surface area contributed by atoms with E-state index in [4.69, 9.17) is 5.26 Å². The Morgan fingerprint density at radius 3 is 2.36 bits per heavy atom. The summed E-state index contributed by atoms with van der Waals surface area (Å²) in [6.45, 7) is 1.47. The van der Waals surface area contributed by atoms with Gasteiger partial charge in [-0.25, -0.2) is 4.90 Å². The molecule has 6 nitrogen and oxygen atoms in total. The number of hydrogen-bond acceptors (Lipinski definition) is 4. The molecule has 0 bridgehead atoms. The fourth-order valence-corrected chi connectivity index (χ4v) is 3.88. The van der Waals surface area contributed by atoms with Gasteiger partial charge in [-0.15, -0.1) is 0 Å². The summed E-state index contributed by atoms with van der Waals surface area (Å²) >= 11 is 0. The van der Waals surface area contributed by atoms with E-state index < -0.39 is 6.04 Å². The average molecular weight is 339 g/mol. The maximum atomic E-state index is 12.9. The second-order valence-electron chi connectivity index (χ2n) is 6.66. The summed E-state index contributed by atoms with van der Waals surface area (Å²) in [6, 6.07) is 7.67. The van der Waals surface area contributed by atoms with Crippen molar-refractivity contribution in [2.24, 2.45) is 0 Å². The molecule has 1 unspecified atom stereocenters. The van der Waals surface area contributed by atoms with Crippen LogP contribution in [0.4, 0.5) is 5.69 Å². The molecule has 1 atom stereocenters. The number of imide groups is 1. The van der Waals surface area contributed by atoms with Crippen LogP contribution in [0.15, 0.2) is 24.3 Å². The molecule has 1 aromatic rings. The van der Waals surface area contributed by atoms with E-state index in [0.29, 0.717) is 11.3 Å². The van der Waals surface area contributed by atoms with Crippen molar-refractivity contribution in [1.29, 1.82) is 5.26 Å². The molecule has 3 amide bonds. The third kappa shape index (κ3) is 3.27. The van der Waals surface area contributed by atoms with Crippen molar-refractivity contribution in [1.82, 2.24) is 4.90 Å². The van der Waals surface area contributed by atoms with Crippen LogP contribution in [-0.2, 0) is 14.4 Å². The van der Waals surface area contributed by atoms with Gasteiger partial charge in [-0.3, -0.25) is 14.4 Å². The second kappa shape index (κ2) is 7.06. The molecule has 0 aromatic heterocycles. The van der Waals surface area contributed by atoms with Gasteiger partial charge in [0.1, 0.15) is 6.04 Å². The van der Waals surface area contributed by atoms with Gasteiger partial charge in [-0.05, 0) is 37.1 Å². The number of anilines is 1. The number of rotatable bonds is 3. The lowest BCUT2D eigenvalue weighted by molar-refractivity contribution is -0.140. The molecular formula is C19H21N3O3. The summed E-state index contributed by atoms with van der Waals surface area (Å²) in [6.07, 6.45) is 5.03. The molecule has 1 aliphatic heterocycles. The largest absolute Gasteiger partial charge is 0.327 e. The van der Waals surface area contributed by atoms with Crippen LogP contribution in [-0.4, -0.2) is 34.7 Å². The van der Waals surface area contributed by atoms with Gasteiger partial charge >= 0.3 is 0 Å². The first kappa shape index (κ1) is 17.2. The molecule has 1 heterocycles. The topological polar surface area (TPSA) is 81.5 Å². The maximum absolute atomic E-state index is 12.9. The van der Waals surface area contributed by atoms with Crippen LogP contribution in [0.2, 0.25) is 0 Å². The van der Waals surface area contributed by atoms with Gasteiger partial charge < -0.3 is 4.90 Å². The van der Waals surface area contributed by atoms with Crippen LogP contribution in [0.3, 0.4) is 0 Å². The number of carbonyl (C=O) groups excluding carboxylic acids is 3. The fourth-order valence-electron chi connectivity index (χ4n) is 3.88. The zero-order chi connectivity index (χ0) is 18.0. The van der Waals surface area contributed by atoms with E-state index in [0.717, 1.165) is 37.0 Å². The Kier molecular flexibility index (Phi) is 4.84. The summed E-state index contributed by atoms with van der Waals surface area (Å²) in [5.41, 5.74) is 0.913. The minimum absolute atomic E-state index is 0.0227. The molecule has 2 aliphatic rings. The number of nitrogens with zero attached hydrogens (tertiary/aromatic N) is 3. The second-order valence-corrected chi connectivity index (χ2v) is 6.66. The van der Waals surface area contributed by atoms with Crippen LogP contribution >= 0.6 is 0 Å². The fraction of sp³-hybridized carbons (Fsp3) is 0.474. The van der Waals surface area contributed by atoms with Crippen molar-refractivity contribution >= 4 is 23.4 Å². The summed E-state index contributed by atoms with van der Waals surface area (Å²) in [5.74, 6) is -0.808. The molecule has 3 rings (SSSR count). The SMILES string of the molecule is CC(=O)N(C1CCCCC1)C1CC(=O)N(c2ccc(C#N)cc2)C1=O. The molecule has 1 aliphatic carbocycles. The van der Waals surface area contributed by atoms with Gasteiger partial charge in [0.25, 0.3) is 5.91 Å². The minimum atomic E-state index is -0.719. The van der Waals surface area contributed by atoms with Crippen molar-refractivity contribution in [2.45, 2.75) is 57.5 Å². The number of amides is 3. The smallest absolute Gasteiger partial charge is 0.257 e. The average Bonchev–Trinajstić information content (AvgIpc) is 2.90. The van der Waals surface area contributed by atoms with Crippen molar-refractivity contribution < 1.29 is 14.4 Å². The lowest BCUT2D eigenvalue weighted by Crippen LogP contribution is -2.50. The predicted molar refractivity (Wildman–Crippen MR) is 91.4 cm³/mol. The molecule has 1 saturated carbocycles. The molecule has 130 valence electrons. The number of nitriles is 1. The van der Waals surface area contributed by atoms with Crippen molar-refractivity contribution in [3.8, 4) is 6.07 Å². The van der Waals surface area contributed by atoms with E-state index in [1.807, 2.05) is 6.07 Å². The van der Waals surface area contributed by atoms with Crippen molar-refractivity contribution in [3.05, 3.63) is 29.8 Å². The highest BCUT2D eigenvalue weighted by Gasteiger charge is 2.45. The van der Waals surface area contributed by atoms with Crippen molar-refractivity contribution in [2.75, 3.05) is 4.90 Å². The number of carbonyl (C=O) groups is 3. The van der Waals surface area contributed by atoms with Gasteiger partial charge in [0.05, 0.1) is 23.7 Å². The van der Waals surface area contributed by atoms with Crippen LogP contribution < -0.4 is 4.90 Å². The predicted octanol–water partition coefficient (Wildman–Crippen LogP) is 2.37. The summed E-state index contributed by atoms with van der Waals surface area (Å²) in [7, 11) is 0. The highest BCUT2D eigenvalue weighted by molar-refractivity contribution is 6.23. The molecular weight excluding hydrogens is 318 g/mol. The Morgan fingerprint density at radius 1 is 1.16 bits per heavy atom. The maximum Gasteiger partial charge on any atom is 0.257 e. The molecule has 25 heavy (non-hydrogen) atoms. The Morgan fingerprint density at radius 2 is 1.80 bits per heavy atom. The first-order chi connectivity index (χ1) is 12.0. The zero-order valence-corrected chi connectivity index (χ0v) is 14.3. The molecule has 0 N–H and O–H groups in total. The highest BCUT2D eigenvalue weighted by atomic mass is 16.2. The monoisotopic (exact) mass is 339 g/mol. The van der Waals surface area contributed by atoms with Crippen LogP contribution in [0.25, 0.3) is 0 Å². The standard InChI is InChI=1S/C19H21N3O3/c1-13(23)21(15-5-3-2-4-6-15)17-11-18(24)22(19(17)25)16-9-7-14(12-20)8-10-16/h7-10,15,17H,2-6,11H2,1H3. The normalized spacial score (nSPS) is 21.3. The summed E-state index contributed by atoms with van der Waals surface area (Å²) in [5, 5.41) is 8.88. The van der Waals surface area contributed by atoms with Gasteiger partial charge in [0.2, 0.25) is 11.8 Å². The van der Waals surface area contributed by atoms with E-state index in [2.05, 4.69) is 0 Å². The summed E-state index contributed by atoms with van der Waals surface area (Å²) in [4.78, 5) is 40.4. The number of benzene rings is 1. The Hall–Kier alpha value is -2.68. The van der Waals surface area contributed by atoms with Crippen LogP contribution in [0, 0.1) is 11.3 Å². The van der Waals surface area contributed by atoms with Gasteiger partial charge in [0.15, 0.2) is 0 Å². The summed E-state index contributed by atoms with van der Waals surface area (Å²) < 4.78 is 0.